The van der Waals surface area contributed by atoms with Gasteiger partial charge in [-0.2, -0.15) is 5.10 Å². The number of carbonyl (C=O) groups is 2. The van der Waals surface area contributed by atoms with E-state index in [0.717, 1.165) is 16.7 Å². The van der Waals surface area contributed by atoms with E-state index in [-0.39, 0.29) is 12.4 Å². The van der Waals surface area contributed by atoms with Crippen molar-refractivity contribution in [1.82, 2.24) is 5.43 Å². The number of hydrogen-bond acceptors (Lipinski definition) is 6. The number of halogens is 1. The summed E-state index contributed by atoms with van der Waals surface area (Å²) in [7, 11) is 1.47. The van der Waals surface area contributed by atoms with Crippen LogP contribution in [0.5, 0.6) is 17.2 Å². The van der Waals surface area contributed by atoms with Crippen LogP contribution in [0.4, 0.5) is 0 Å². The first-order valence-electron chi connectivity index (χ1n) is 10.4. The lowest BCUT2D eigenvalue weighted by molar-refractivity contribution is -0.123. The van der Waals surface area contributed by atoms with E-state index < -0.39 is 11.9 Å². The van der Waals surface area contributed by atoms with Crippen molar-refractivity contribution in [2.45, 2.75) is 20.8 Å². The quantitative estimate of drug-likeness (QED) is 0.191. The average molecular weight is 525 g/mol. The zero-order valence-corrected chi connectivity index (χ0v) is 20.9. The van der Waals surface area contributed by atoms with Gasteiger partial charge in [-0.1, -0.05) is 23.8 Å². The summed E-state index contributed by atoms with van der Waals surface area (Å²) in [5.74, 6) is 0.295. The van der Waals surface area contributed by atoms with Crippen LogP contribution < -0.4 is 19.6 Å². The minimum absolute atomic E-state index is 0.166. The average Bonchev–Trinajstić information content (AvgIpc) is 2.81. The maximum absolute atomic E-state index is 12.5. The number of benzene rings is 3. The van der Waals surface area contributed by atoms with Gasteiger partial charge in [0.05, 0.1) is 23.4 Å². The highest BCUT2D eigenvalue weighted by atomic mass is 79.9. The molecule has 34 heavy (non-hydrogen) atoms. The highest BCUT2D eigenvalue weighted by Gasteiger charge is 2.16. The second-order valence-electron chi connectivity index (χ2n) is 7.62. The number of aryl methyl sites for hydroxylation is 3. The number of hydrogen-bond donors (Lipinski definition) is 1. The lowest BCUT2D eigenvalue weighted by atomic mass is 10.1. The van der Waals surface area contributed by atoms with Crippen molar-refractivity contribution in [2.24, 2.45) is 5.10 Å². The smallest absolute Gasteiger partial charge is 0.343 e. The molecule has 7 nitrogen and oxygen atoms in total. The van der Waals surface area contributed by atoms with Gasteiger partial charge in [-0.15, -0.1) is 0 Å². The maximum Gasteiger partial charge on any atom is 0.343 e. The molecule has 0 unspecified atom stereocenters. The highest BCUT2D eigenvalue weighted by Crippen LogP contribution is 2.36. The standard InChI is InChI=1S/C26H25BrN2O5/c1-16-5-8-20(9-6-16)26(31)34-25-22(27)12-19(13-23(25)32-4)14-28-29-24(30)15-33-21-10-7-17(2)18(3)11-21/h5-14H,15H2,1-4H3,(H,29,30)/b28-14-. The minimum Gasteiger partial charge on any atom is -0.493 e. The Balaban J connectivity index is 1.61. The molecule has 3 aromatic rings. The maximum atomic E-state index is 12.5. The molecule has 0 spiro atoms. The molecule has 1 amide bonds. The molecule has 8 heteroatoms. The van der Waals surface area contributed by atoms with Crippen molar-refractivity contribution < 1.29 is 23.8 Å². The molecule has 0 aliphatic rings. The van der Waals surface area contributed by atoms with E-state index in [4.69, 9.17) is 14.2 Å². The molecule has 0 saturated heterocycles. The van der Waals surface area contributed by atoms with Crippen LogP contribution in [0.1, 0.15) is 32.6 Å². The van der Waals surface area contributed by atoms with Gasteiger partial charge in [-0.05, 0) is 89.8 Å². The summed E-state index contributed by atoms with van der Waals surface area (Å²) in [6.07, 6.45) is 1.45. The molecule has 0 aromatic heterocycles. The summed E-state index contributed by atoms with van der Waals surface area (Å²) in [4.78, 5) is 24.5. The summed E-state index contributed by atoms with van der Waals surface area (Å²) < 4.78 is 16.9. The zero-order valence-electron chi connectivity index (χ0n) is 19.3. The number of esters is 1. The molecule has 176 valence electrons. The van der Waals surface area contributed by atoms with Gasteiger partial charge in [0.1, 0.15) is 5.75 Å². The van der Waals surface area contributed by atoms with Gasteiger partial charge in [0, 0.05) is 0 Å². The molecule has 0 saturated carbocycles. The first-order valence-corrected chi connectivity index (χ1v) is 11.2. The van der Waals surface area contributed by atoms with Gasteiger partial charge >= 0.3 is 5.97 Å². The lowest BCUT2D eigenvalue weighted by Gasteiger charge is -2.12. The van der Waals surface area contributed by atoms with E-state index in [9.17, 15) is 9.59 Å². The number of nitrogens with one attached hydrogen (secondary N) is 1. The third-order valence-corrected chi connectivity index (χ3v) is 5.57. The van der Waals surface area contributed by atoms with Crippen LogP contribution in [0.25, 0.3) is 0 Å². The van der Waals surface area contributed by atoms with Gasteiger partial charge in [-0.3, -0.25) is 4.79 Å². The summed E-state index contributed by atoms with van der Waals surface area (Å²) >= 11 is 3.41. The molecule has 0 radical (unpaired) electrons. The Bertz CT molecular complexity index is 1220. The number of nitrogens with zero attached hydrogens (tertiary/aromatic N) is 1. The summed E-state index contributed by atoms with van der Waals surface area (Å²) in [6, 6.07) is 16.0. The Kier molecular flexibility index (Phi) is 8.43. The van der Waals surface area contributed by atoms with Crippen LogP contribution in [0.3, 0.4) is 0 Å². The Morgan fingerprint density at radius 2 is 1.74 bits per heavy atom. The fourth-order valence-corrected chi connectivity index (χ4v) is 3.46. The second-order valence-corrected chi connectivity index (χ2v) is 8.47. The first kappa shape index (κ1) is 25.0. The van der Waals surface area contributed by atoms with Crippen molar-refractivity contribution in [3.63, 3.8) is 0 Å². The molecule has 0 fully saturated rings. The van der Waals surface area contributed by atoms with E-state index in [1.54, 1.807) is 24.3 Å². The molecule has 0 atom stereocenters. The fraction of sp³-hybridized carbons (Fsp3) is 0.192. The van der Waals surface area contributed by atoms with Crippen molar-refractivity contribution in [2.75, 3.05) is 13.7 Å². The molecule has 1 N–H and O–H groups in total. The topological polar surface area (TPSA) is 86.2 Å². The normalized spacial score (nSPS) is 10.7. The van der Waals surface area contributed by atoms with Crippen molar-refractivity contribution in [1.29, 1.82) is 0 Å². The predicted octanol–water partition coefficient (Wildman–Crippen LogP) is 5.13. The van der Waals surface area contributed by atoms with E-state index in [1.165, 1.54) is 13.3 Å². The Morgan fingerprint density at radius 1 is 1.00 bits per heavy atom. The van der Waals surface area contributed by atoms with Gasteiger partial charge in [-0.25, -0.2) is 10.2 Å². The number of methoxy groups -OCH3 is 1. The van der Waals surface area contributed by atoms with Gasteiger partial charge in [0.2, 0.25) is 0 Å². The SMILES string of the molecule is COc1cc(/C=N\NC(=O)COc2ccc(C)c(C)c2)cc(Br)c1OC(=O)c1ccc(C)cc1. The van der Waals surface area contributed by atoms with Crippen LogP contribution in [-0.2, 0) is 4.79 Å². The van der Waals surface area contributed by atoms with E-state index >= 15 is 0 Å². The van der Waals surface area contributed by atoms with E-state index in [0.29, 0.717) is 27.1 Å². The molecule has 3 rings (SSSR count). The molecule has 0 aliphatic carbocycles. The third kappa shape index (κ3) is 6.68. The van der Waals surface area contributed by atoms with Gasteiger partial charge in [0.25, 0.3) is 5.91 Å². The van der Waals surface area contributed by atoms with E-state index in [2.05, 4.69) is 26.5 Å². The Labute approximate surface area is 206 Å². The van der Waals surface area contributed by atoms with Crippen molar-refractivity contribution in [3.8, 4) is 17.2 Å². The highest BCUT2D eigenvalue weighted by molar-refractivity contribution is 9.10. The van der Waals surface area contributed by atoms with Crippen LogP contribution in [0, 0.1) is 20.8 Å². The number of amides is 1. The third-order valence-electron chi connectivity index (χ3n) is 4.98. The van der Waals surface area contributed by atoms with Crippen LogP contribution >= 0.6 is 15.9 Å². The second kappa shape index (κ2) is 11.5. The molecule has 0 bridgehead atoms. The molecular formula is C26H25BrN2O5. The zero-order chi connectivity index (χ0) is 24.7. The number of carbonyl (C=O) groups excluding carboxylic acids is 2. The van der Waals surface area contributed by atoms with Crippen LogP contribution in [0.2, 0.25) is 0 Å². The van der Waals surface area contributed by atoms with Gasteiger partial charge in [0.15, 0.2) is 18.1 Å². The summed E-state index contributed by atoms with van der Waals surface area (Å²) in [5.41, 5.74) is 6.75. The predicted molar refractivity (Wildman–Crippen MR) is 134 cm³/mol. The minimum atomic E-state index is -0.503. The first-order chi connectivity index (χ1) is 16.3. The van der Waals surface area contributed by atoms with Crippen LogP contribution in [0.15, 0.2) is 64.2 Å². The number of rotatable bonds is 8. The molecule has 3 aromatic carbocycles. The van der Waals surface area contributed by atoms with Crippen molar-refractivity contribution in [3.05, 3.63) is 86.9 Å². The monoisotopic (exact) mass is 524 g/mol. The summed E-state index contributed by atoms with van der Waals surface area (Å²) in [5, 5.41) is 3.96. The van der Waals surface area contributed by atoms with E-state index in [1.807, 2.05) is 51.1 Å². The molecule has 0 aliphatic heterocycles. The molecule has 0 heterocycles. The van der Waals surface area contributed by atoms with Crippen molar-refractivity contribution >= 4 is 34.0 Å². The Morgan fingerprint density at radius 3 is 2.41 bits per heavy atom. The van der Waals surface area contributed by atoms with Crippen LogP contribution in [-0.4, -0.2) is 31.8 Å². The summed E-state index contributed by atoms with van der Waals surface area (Å²) in [6.45, 7) is 5.76. The van der Waals surface area contributed by atoms with Gasteiger partial charge < -0.3 is 14.2 Å². The lowest BCUT2D eigenvalue weighted by Crippen LogP contribution is -2.24. The molecular weight excluding hydrogens is 500 g/mol. The number of hydrazone groups is 1. The number of ether oxygens (including phenoxy) is 3. The fourth-order valence-electron chi connectivity index (χ4n) is 2.92. The Hall–Kier alpha value is -3.65. The largest absolute Gasteiger partial charge is 0.493 e.